The predicted molar refractivity (Wildman–Crippen MR) is 430 cm³/mol. The van der Waals surface area contributed by atoms with Crippen molar-refractivity contribution in [3.8, 4) is 17.1 Å². The summed E-state index contributed by atoms with van der Waals surface area (Å²) in [7, 11) is 0. The Morgan fingerprint density at radius 1 is 0.455 bits per heavy atom. The van der Waals surface area contributed by atoms with Crippen molar-refractivity contribution in [2.75, 3.05) is 32.8 Å². The molecule has 3 aliphatic rings. The van der Waals surface area contributed by atoms with Gasteiger partial charge in [0.1, 0.15) is 56.6 Å². The molecule has 0 saturated heterocycles. The maximum atomic E-state index is 12.4. The maximum Gasteiger partial charge on any atom is 0.407 e. The molecule has 9 aromatic rings. The average Bonchev–Trinajstić information content (AvgIpc) is 1.12. The lowest BCUT2D eigenvalue weighted by atomic mass is 9.90. The van der Waals surface area contributed by atoms with Gasteiger partial charge in [-0.25, -0.2) is 34.3 Å². The molecule has 6 aromatic heterocycles. The van der Waals surface area contributed by atoms with E-state index in [1.54, 1.807) is 37.2 Å². The molecule has 3 aromatic carbocycles. The molecule has 36 nitrogen and oxygen atoms in total. The Morgan fingerprint density at radius 2 is 0.848 bits per heavy atom. The van der Waals surface area contributed by atoms with Gasteiger partial charge in [-0.15, -0.1) is 0 Å². The van der Waals surface area contributed by atoms with Gasteiger partial charge >= 0.3 is 18.3 Å². The van der Waals surface area contributed by atoms with Gasteiger partial charge in [0.05, 0.1) is 60.6 Å². The summed E-state index contributed by atoms with van der Waals surface area (Å²) in [5.74, 6) is -0.454. The van der Waals surface area contributed by atoms with Crippen LogP contribution in [-0.2, 0) is 14.2 Å². The number of rotatable bonds is 20. The van der Waals surface area contributed by atoms with Crippen LogP contribution in [-0.4, -0.2) is 170 Å². The fraction of sp³-hybridized carbons (Fsp3) is 0.425. The molecule has 112 heavy (non-hydrogen) atoms. The summed E-state index contributed by atoms with van der Waals surface area (Å²) < 4.78 is 17.6. The van der Waals surface area contributed by atoms with Crippen molar-refractivity contribution in [3.05, 3.63) is 142 Å². The Labute approximate surface area is 668 Å². The number of nitrogens with one attached hydrogen (secondary N) is 8. The van der Waals surface area contributed by atoms with Gasteiger partial charge < -0.3 is 79.7 Å². The van der Waals surface area contributed by atoms with E-state index in [1.165, 1.54) is 44.7 Å². The van der Waals surface area contributed by atoms with Crippen molar-refractivity contribution >= 4 is 126 Å². The lowest BCUT2D eigenvalue weighted by molar-refractivity contribution is 0.0475. The van der Waals surface area contributed by atoms with E-state index in [1.807, 2.05) is 129 Å². The lowest BCUT2D eigenvalue weighted by Crippen LogP contribution is -2.50. The van der Waals surface area contributed by atoms with Crippen LogP contribution in [0, 0.1) is 0 Å². The second-order valence-corrected chi connectivity index (χ2v) is 31.7. The van der Waals surface area contributed by atoms with Gasteiger partial charge in [-0.2, -0.15) is 54.9 Å². The number of anilines is 8. The fourth-order valence-corrected chi connectivity index (χ4v) is 13.1. The second-order valence-electron chi connectivity index (χ2n) is 29.1. The van der Waals surface area contributed by atoms with Gasteiger partial charge in [0.15, 0.2) is 5.16 Å². The van der Waals surface area contributed by atoms with Gasteiger partial charge in [0, 0.05) is 68.8 Å². The molecular weight excluding hydrogens is 1590 g/mol. The summed E-state index contributed by atoms with van der Waals surface area (Å²) in [6, 6.07) is 18.0. The number of halogens is 2. The van der Waals surface area contributed by atoms with Crippen molar-refractivity contribution < 1.29 is 43.0 Å². The normalized spacial score (nSPS) is 17.4. The van der Waals surface area contributed by atoms with Crippen LogP contribution in [0.3, 0.4) is 0 Å². The number of carbonyl (C=O) groups excluding carboxylic acids is 6. The van der Waals surface area contributed by atoms with Crippen molar-refractivity contribution in [2.45, 2.75) is 198 Å². The number of primary amides is 3. The number of amides is 6. The molecule has 0 bridgehead atoms. The number of alkyl carbamates (subject to hydrolysis) is 3. The number of aromatic nitrogens is 15. The minimum Gasteiger partial charge on any atom is -0.444 e. The highest BCUT2D eigenvalue weighted by Gasteiger charge is 2.32. The molecular formula is C73H95Br2N27O9S. The summed E-state index contributed by atoms with van der Waals surface area (Å²) >= 11 is 8.37. The zero-order chi connectivity index (χ0) is 80.9. The molecule has 0 spiro atoms. The molecule has 6 heterocycles. The third-order valence-electron chi connectivity index (χ3n) is 16.8. The van der Waals surface area contributed by atoms with Crippen LogP contribution in [0.2, 0.25) is 0 Å². The molecule has 3 aliphatic carbocycles. The summed E-state index contributed by atoms with van der Waals surface area (Å²) in [5, 5.41) is 50.2. The molecule has 0 unspecified atom stereocenters. The highest BCUT2D eigenvalue weighted by atomic mass is 79.9. The quantitative estimate of drug-likeness (QED) is 0.0192. The maximum absolute atomic E-state index is 12.4. The minimum atomic E-state index is -0.667. The number of hydrogen-bond acceptors (Lipinski definition) is 28. The Hall–Kier alpha value is -11.2. The molecule has 6 atom stereocenters. The molecule has 16 N–H and O–H groups in total. The number of ether oxygens (including phenoxy) is 3. The molecule has 3 saturated carbocycles. The van der Waals surface area contributed by atoms with Gasteiger partial charge in [0.2, 0.25) is 11.9 Å². The van der Waals surface area contributed by atoms with Gasteiger partial charge in [-0.1, -0.05) is 72.3 Å². The Kier molecular flexibility index (Phi) is 29.6. The molecule has 3 fully saturated rings. The largest absolute Gasteiger partial charge is 0.444 e. The summed E-state index contributed by atoms with van der Waals surface area (Å²) in [5.41, 5.74) is 25.5. The van der Waals surface area contributed by atoms with Crippen LogP contribution in [0.4, 0.5) is 60.8 Å². The highest BCUT2D eigenvalue weighted by Crippen LogP contribution is 2.32. The molecule has 596 valence electrons. The van der Waals surface area contributed by atoms with E-state index in [9.17, 15) is 28.8 Å². The minimum absolute atomic E-state index is 0.0752. The number of thioether (sulfide) groups is 1. The van der Waals surface area contributed by atoms with E-state index < -0.39 is 46.7 Å². The number of hydrogen-bond donors (Lipinski definition) is 12. The average molecular weight is 1690 g/mol. The standard InChI is InChI=1S/2C24H30BrN9O3.C14H13N7OS.C11H22N2O2/c1-24(2,3)37-23(36)32-19-7-5-4-6-18(19)31-22-27-13-17(20(26)35)21(33-22)30-15-10-14(25)11-16(12-15)34-28-8-9-29-34;1-24(2,3)37-23(36)32-18-7-5-4-6-17(18)31-22-27-13-15(20(26)35)21(33-22)30-14-8-9-16(25)19(12-14)34-28-10-11-29-34;1-23-14-16-8-11(12(15)22)13(20-14)19-9-3-2-4-10(7-9)21-17-5-6-18-21;1-11(2,3)15-10(14)13-9-7-5-4-6-8(9)12/h8-13,18-19H,4-7H2,1-3H3,(H2,26,35)(H,32,36)(H2,27,30,31,33);8-13,17-18H,4-7H2,1-3H3,(H2,26,35)(H,32,36)(H2,27,30,31,33);2-8H,1H3,(H2,15,22)(H,16,19,20);8-9H,4-7,12H2,1-3H3,(H,13,14)/t18-,19+;17-,18+;;8-,9+/m11.1/s1. The van der Waals surface area contributed by atoms with E-state index >= 15 is 0 Å². The Balaban J connectivity index is 0.000000180. The summed E-state index contributed by atoms with van der Waals surface area (Å²) in [6.45, 7) is 16.5. The van der Waals surface area contributed by atoms with Crippen LogP contribution < -0.4 is 65.5 Å². The van der Waals surface area contributed by atoms with Crippen LogP contribution >= 0.6 is 43.6 Å². The van der Waals surface area contributed by atoms with Crippen molar-refractivity contribution in [1.82, 2.24) is 90.8 Å². The van der Waals surface area contributed by atoms with E-state index in [0.29, 0.717) is 45.6 Å². The smallest absolute Gasteiger partial charge is 0.407 e. The molecule has 12 rings (SSSR count). The monoisotopic (exact) mass is 1680 g/mol. The molecule has 39 heteroatoms. The SMILES string of the molecule is CC(C)(C)OC(=O)N[C@H]1CCCC[C@H]1N.CC(C)(C)OC(=O)N[C@H]1CCCC[C@H]1Nc1ncc(C(N)=O)c(Nc2cc(Br)cc(-n3nccn3)c2)n1.CC(C)(C)OC(=O)N[C@H]1CCCC[C@H]1Nc1ncc(C(N)=O)c(Nc2ccc(Br)c(-n3nccn3)c2)n1.CSc1ncc(C(N)=O)c(Nc2cccc(-n3nccn3)c2)n1. The topological polar surface area (TPSA) is 500 Å². The van der Waals surface area contributed by atoms with E-state index in [-0.39, 0.29) is 70.7 Å². The van der Waals surface area contributed by atoms with Crippen molar-refractivity contribution in [2.24, 2.45) is 22.9 Å². The van der Waals surface area contributed by atoms with E-state index in [0.717, 1.165) is 97.4 Å². The number of benzene rings is 3. The fourth-order valence-electron chi connectivity index (χ4n) is 11.9. The zero-order valence-corrected chi connectivity index (χ0v) is 67.8. The Bertz CT molecular complexity index is 4660. The first-order chi connectivity index (χ1) is 53.2. The number of nitrogens with zero attached hydrogens (tertiary/aromatic N) is 15. The first-order valence-corrected chi connectivity index (χ1v) is 39.0. The first kappa shape index (κ1) is 84.8. The third kappa shape index (κ3) is 26.2. The van der Waals surface area contributed by atoms with Gasteiger partial charge in [-0.05, 0) is 178 Å². The second kappa shape index (κ2) is 39.1. The van der Waals surface area contributed by atoms with E-state index in [4.69, 9.17) is 37.1 Å². The number of carbonyl (C=O) groups is 6. The van der Waals surface area contributed by atoms with Gasteiger partial charge in [0.25, 0.3) is 17.7 Å². The van der Waals surface area contributed by atoms with Crippen molar-refractivity contribution in [1.29, 1.82) is 0 Å². The summed E-state index contributed by atoms with van der Waals surface area (Å²) in [6.07, 6.45) is 25.7. The van der Waals surface area contributed by atoms with E-state index in [2.05, 4.69) is 135 Å². The lowest BCUT2D eigenvalue weighted by Gasteiger charge is -2.33. The third-order valence-corrected chi connectivity index (χ3v) is 18.5. The number of nitrogens with two attached hydrogens (primary N) is 4. The summed E-state index contributed by atoms with van der Waals surface area (Å²) in [4.78, 5) is 102. The first-order valence-electron chi connectivity index (χ1n) is 36.1. The molecule has 6 amide bonds. The van der Waals surface area contributed by atoms with Gasteiger partial charge in [-0.3, -0.25) is 14.4 Å². The predicted octanol–water partition coefficient (Wildman–Crippen LogP) is 11.2. The molecule has 0 radical (unpaired) electrons. The zero-order valence-electron chi connectivity index (χ0n) is 63.8. The molecule has 0 aliphatic heterocycles. The van der Waals surface area contributed by atoms with Crippen LogP contribution in [0.1, 0.15) is 170 Å². The van der Waals surface area contributed by atoms with Crippen LogP contribution in [0.5, 0.6) is 0 Å². The van der Waals surface area contributed by atoms with Crippen molar-refractivity contribution in [3.63, 3.8) is 0 Å². The highest BCUT2D eigenvalue weighted by molar-refractivity contribution is 9.10. The van der Waals surface area contributed by atoms with Crippen LogP contribution in [0.15, 0.2) is 131 Å². The Morgan fingerprint density at radius 3 is 1.30 bits per heavy atom. The van der Waals surface area contributed by atoms with Crippen LogP contribution in [0.25, 0.3) is 17.1 Å².